The number of hydrogen-bond donors (Lipinski definition) is 0. The average molecular weight is 514 g/mol. The Morgan fingerprint density at radius 1 is 0.917 bits per heavy atom. The van der Waals surface area contributed by atoms with Gasteiger partial charge >= 0.3 is 12.2 Å². The number of rotatable bonds is 7. The number of halogens is 1. The van der Waals surface area contributed by atoms with Crippen LogP contribution in [0, 0.1) is 0 Å². The quantitative estimate of drug-likeness (QED) is 0.384. The highest BCUT2D eigenvalue weighted by atomic mass is 35.5. The molecule has 0 aliphatic carbocycles. The van der Waals surface area contributed by atoms with Crippen LogP contribution in [0.4, 0.5) is 9.59 Å². The first-order valence-electron chi connectivity index (χ1n) is 12.5. The van der Waals surface area contributed by atoms with E-state index >= 15 is 0 Å². The molecule has 36 heavy (non-hydrogen) atoms. The predicted molar refractivity (Wildman–Crippen MR) is 142 cm³/mol. The summed E-state index contributed by atoms with van der Waals surface area (Å²) in [4.78, 5) is 32.8. The lowest BCUT2D eigenvalue weighted by molar-refractivity contribution is -0.110. The Morgan fingerprint density at radius 3 is 1.94 bits per heavy atom. The molecule has 2 amide bonds. The second-order valence-electron chi connectivity index (χ2n) is 9.28. The van der Waals surface area contributed by atoms with E-state index in [1.165, 1.54) is 10.0 Å². The summed E-state index contributed by atoms with van der Waals surface area (Å²) in [5, 5.41) is 1.96. The number of aliphatic imine (C=N–C) groups is 1. The summed E-state index contributed by atoms with van der Waals surface area (Å²) in [5.74, 6) is 0. The van der Waals surface area contributed by atoms with Crippen LogP contribution in [0.2, 0.25) is 0 Å². The van der Waals surface area contributed by atoms with Crippen LogP contribution in [-0.4, -0.2) is 51.5 Å². The van der Waals surface area contributed by atoms with Crippen LogP contribution in [0.1, 0.15) is 65.5 Å². The van der Waals surface area contributed by atoms with Crippen molar-refractivity contribution >= 4 is 29.5 Å². The van der Waals surface area contributed by atoms with E-state index in [2.05, 4.69) is 0 Å². The molecule has 1 heterocycles. The molecule has 0 aromatic heterocycles. The summed E-state index contributed by atoms with van der Waals surface area (Å²) in [7, 11) is 0. The summed E-state index contributed by atoms with van der Waals surface area (Å²) >= 11 is 7.09. The molecule has 0 saturated carbocycles. The molecule has 7 nitrogen and oxygen atoms in total. The van der Waals surface area contributed by atoms with Crippen LogP contribution in [-0.2, 0) is 15.1 Å². The zero-order valence-corrected chi connectivity index (χ0v) is 22.6. The van der Waals surface area contributed by atoms with Gasteiger partial charge in [0.25, 0.3) is 0 Å². The Labute approximate surface area is 219 Å². The zero-order valence-electron chi connectivity index (χ0n) is 21.8. The van der Waals surface area contributed by atoms with E-state index in [1.807, 2.05) is 74.5 Å². The second kappa shape index (κ2) is 11.8. The first-order valence-corrected chi connectivity index (χ1v) is 13.0. The van der Waals surface area contributed by atoms with Gasteiger partial charge < -0.3 is 9.47 Å². The van der Waals surface area contributed by atoms with Crippen LogP contribution in [0.15, 0.2) is 65.7 Å². The minimum atomic E-state index is -1.46. The van der Waals surface area contributed by atoms with Crippen molar-refractivity contribution in [3.63, 3.8) is 0 Å². The Morgan fingerprint density at radius 2 is 1.44 bits per heavy atom. The largest absolute Gasteiger partial charge is 0.445 e. The standard InChI is InChI=1S/C28H36ClN3O4/c1-7-23-25(21-15-11-9-12-16-21)30-28(24(29)8-2,22-17-13-10-14-18-22)32(27(34)36-20(5)6)31(23)26(33)35-19(3)4/h9-20,23-24H,7-8H2,1-6H3/t23-,24+,28+/m0/s1. The third-order valence-corrected chi connectivity index (χ3v) is 6.54. The fourth-order valence-corrected chi connectivity index (χ4v) is 4.71. The highest BCUT2D eigenvalue weighted by Gasteiger charge is 2.57. The molecule has 3 atom stereocenters. The molecule has 0 saturated heterocycles. The number of carbonyl (C=O) groups excluding carboxylic acids is 2. The lowest BCUT2D eigenvalue weighted by atomic mass is 9.89. The normalized spacial score (nSPS) is 20.8. The van der Waals surface area contributed by atoms with Gasteiger partial charge in [-0.1, -0.05) is 74.5 Å². The van der Waals surface area contributed by atoms with E-state index < -0.39 is 41.5 Å². The molecule has 0 radical (unpaired) electrons. The Kier molecular flexibility index (Phi) is 9.01. The maximum absolute atomic E-state index is 13.8. The highest BCUT2D eigenvalue weighted by Crippen LogP contribution is 2.45. The molecule has 0 spiro atoms. The number of nitrogens with zero attached hydrogens (tertiary/aromatic N) is 3. The van der Waals surface area contributed by atoms with E-state index in [-0.39, 0.29) is 0 Å². The summed E-state index contributed by atoms with van der Waals surface area (Å²) in [6.07, 6.45) is -1.26. The minimum Gasteiger partial charge on any atom is -0.445 e. The Bertz CT molecular complexity index is 1060. The van der Waals surface area contributed by atoms with Gasteiger partial charge in [-0.05, 0) is 46.1 Å². The molecule has 194 valence electrons. The number of benzene rings is 2. The third-order valence-electron chi connectivity index (χ3n) is 5.92. The van der Waals surface area contributed by atoms with Crippen molar-refractivity contribution in [2.24, 2.45) is 4.99 Å². The van der Waals surface area contributed by atoms with Gasteiger partial charge in [0, 0.05) is 5.56 Å². The molecule has 1 aliphatic heterocycles. The Hall–Kier alpha value is -3.06. The van der Waals surface area contributed by atoms with Crippen LogP contribution in [0.25, 0.3) is 0 Å². The van der Waals surface area contributed by atoms with Gasteiger partial charge in [0.15, 0.2) is 5.66 Å². The van der Waals surface area contributed by atoms with Gasteiger partial charge in [-0.2, -0.15) is 5.01 Å². The smallest absolute Gasteiger partial charge is 0.431 e. The lowest BCUT2D eigenvalue weighted by Gasteiger charge is -2.53. The molecule has 2 aromatic rings. The topological polar surface area (TPSA) is 71.4 Å². The SMILES string of the molecule is CC[C@@H](Cl)[C@]1(c2ccccc2)N=C(c2ccccc2)[C@H](CC)N(C(=O)OC(C)C)N1C(=O)OC(C)C. The molecular formula is C28H36ClN3O4. The highest BCUT2D eigenvalue weighted by molar-refractivity contribution is 6.22. The van der Waals surface area contributed by atoms with E-state index in [9.17, 15) is 9.59 Å². The summed E-state index contributed by atoms with van der Waals surface area (Å²) in [6, 6.07) is 18.4. The maximum atomic E-state index is 13.8. The number of hydrazine groups is 1. The van der Waals surface area contributed by atoms with Crippen molar-refractivity contribution in [1.82, 2.24) is 10.0 Å². The van der Waals surface area contributed by atoms with Crippen molar-refractivity contribution in [3.8, 4) is 0 Å². The summed E-state index contributed by atoms with van der Waals surface area (Å²) < 4.78 is 11.4. The van der Waals surface area contributed by atoms with Crippen molar-refractivity contribution in [1.29, 1.82) is 0 Å². The molecule has 0 N–H and O–H groups in total. The maximum Gasteiger partial charge on any atom is 0.431 e. The molecule has 3 rings (SSSR count). The third kappa shape index (κ3) is 5.36. The van der Waals surface area contributed by atoms with Crippen molar-refractivity contribution in [2.75, 3.05) is 0 Å². The van der Waals surface area contributed by atoms with Gasteiger partial charge in [-0.15, -0.1) is 11.6 Å². The van der Waals surface area contributed by atoms with Crippen molar-refractivity contribution in [3.05, 3.63) is 71.8 Å². The predicted octanol–water partition coefficient (Wildman–Crippen LogP) is 6.75. The lowest BCUT2D eigenvalue weighted by Crippen LogP contribution is -2.69. The van der Waals surface area contributed by atoms with Crippen LogP contribution < -0.4 is 0 Å². The summed E-state index contributed by atoms with van der Waals surface area (Å²) in [5.41, 5.74) is 0.688. The van der Waals surface area contributed by atoms with Crippen molar-refractivity contribution < 1.29 is 19.1 Å². The van der Waals surface area contributed by atoms with Gasteiger partial charge in [0.2, 0.25) is 0 Å². The second-order valence-corrected chi connectivity index (χ2v) is 9.80. The van der Waals surface area contributed by atoms with Gasteiger partial charge in [0.05, 0.1) is 29.3 Å². The number of hydrogen-bond acceptors (Lipinski definition) is 5. The minimum absolute atomic E-state index is 0.402. The number of alkyl halides is 1. The van der Waals surface area contributed by atoms with Crippen LogP contribution in [0.3, 0.4) is 0 Å². The van der Waals surface area contributed by atoms with E-state index in [0.717, 1.165) is 5.56 Å². The van der Waals surface area contributed by atoms with Crippen LogP contribution in [0.5, 0.6) is 0 Å². The fraction of sp³-hybridized carbons (Fsp3) is 0.464. The molecule has 2 aromatic carbocycles. The van der Waals surface area contributed by atoms with E-state index in [1.54, 1.807) is 27.7 Å². The molecule has 8 heteroatoms. The number of amides is 2. The van der Waals surface area contributed by atoms with Crippen molar-refractivity contribution in [2.45, 2.75) is 83.7 Å². The molecule has 1 aliphatic rings. The molecule has 0 fully saturated rings. The van der Waals surface area contributed by atoms with Gasteiger partial charge in [0.1, 0.15) is 0 Å². The first kappa shape index (κ1) is 27.5. The summed E-state index contributed by atoms with van der Waals surface area (Å²) in [6.45, 7) is 10.9. The van der Waals surface area contributed by atoms with Gasteiger partial charge in [-0.3, -0.25) is 4.99 Å². The monoisotopic (exact) mass is 513 g/mol. The number of ether oxygens (including phenoxy) is 2. The number of carbonyl (C=O) groups is 2. The Balaban J connectivity index is 2.43. The van der Waals surface area contributed by atoms with Crippen LogP contribution >= 0.6 is 11.6 Å². The fourth-order valence-electron chi connectivity index (χ4n) is 4.44. The zero-order chi connectivity index (χ0) is 26.5. The molecule has 0 unspecified atom stereocenters. The molecule has 0 bridgehead atoms. The van der Waals surface area contributed by atoms with E-state index in [4.69, 9.17) is 26.1 Å². The van der Waals surface area contributed by atoms with E-state index in [0.29, 0.717) is 24.1 Å². The first-order chi connectivity index (χ1) is 17.2. The van der Waals surface area contributed by atoms with Gasteiger partial charge in [-0.25, -0.2) is 14.6 Å². The average Bonchev–Trinajstić information content (AvgIpc) is 2.86. The molecular weight excluding hydrogens is 478 g/mol.